The molecule has 5 rings (SSSR count). The van der Waals surface area contributed by atoms with Gasteiger partial charge in [-0.05, 0) is 65.3 Å². The first-order valence-electron chi connectivity index (χ1n) is 14.7. The average molecular weight is 588 g/mol. The van der Waals surface area contributed by atoms with E-state index in [4.69, 9.17) is 9.72 Å². The van der Waals surface area contributed by atoms with Crippen LogP contribution in [-0.4, -0.2) is 27.6 Å². The quantitative estimate of drug-likeness (QED) is 0.143. The Morgan fingerprint density at radius 3 is 2.02 bits per heavy atom. The van der Waals surface area contributed by atoms with Gasteiger partial charge in [0.1, 0.15) is 17.2 Å². The molecule has 1 aromatic heterocycles. The summed E-state index contributed by atoms with van der Waals surface area (Å²) in [6, 6.07) is 15.4. The number of pyridine rings is 1. The second-order valence-corrected chi connectivity index (χ2v) is 13.3. The fraction of sp³-hybridized carbons (Fsp3) is 0.263. The summed E-state index contributed by atoms with van der Waals surface area (Å²) in [6.07, 6.45) is 5.41. The lowest BCUT2D eigenvalue weighted by Gasteiger charge is -2.28. The molecule has 0 spiro atoms. The van der Waals surface area contributed by atoms with E-state index in [1.54, 1.807) is 54.6 Å². The van der Waals surface area contributed by atoms with Crippen LogP contribution in [0.4, 0.5) is 0 Å². The van der Waals surface area contributed by atoms with Crippen LogP contribution in [0.15, 0.2) is 67.3 Å². The number of aromatic nitrogens is 1. The Bertz CT molecular complexity index is 1860. The second-order valence-electron chi connectivity index (χ2n) is 13.3. The van der Waals surface area contributed by atoms with Crippen LogP contribution in [0.25, 0.3) is 23.1 Å². The van der Waals surface area contributed by atoms with E-state index in [-0.39, 0.29) is 28.8 Å². The molecule has 6 nitrogen and oxygen atoms in total. The highest BCUT2D eigenvalue weighted by molar-refractivity contribution is 6.30. The van der Waals surface area contributed by atoms with Crippen molar-refractivity contribution in [2.45, 2.75) is 65.2 Å². The zero-order valence-corrected chi connectivity index (χ0v) is 26.2. The number of rotatable bonds is 5. The van der Waals surface area contributed by atoms with Crippen molar-refractivity contribution in [2.24, 2.45) is 0 Å². The Hall–Kier alpha value is -4.84. The molecule has 44 heavy (non-hydrogen) atoms. The van der Waals surface area contributed by atoms with Crippen LogP contribution >= 0.6 is 0 Å². The van der Waals surface area contributed by atoms with E-state index in [1.807, 2.05) is 66.7 Å². The second kappa shape index (κ2) is 11.0. The summed E-state index contributed by atoms with van der Waals surface area (Å²) < 4.78 is 5.92. The predicted molar refractivity (Wildman–Crippen MR) is 175 cm³/mol. The summed E-state index contributed by atoms with van der Waals surface area (Å²) >= 11 is 0. The molecule has 1 aliphatic rings. The topological polar surface area (TPSA) is 93.6 Å². The van der Waals surface area contributed by atoms with Crippen LogP contribution in [0.5, 0.6) is 11.5 Å². The third kappa shape index (κ3) is 5.37. The molecule has 1 atom stereocenters. The molecule has 1 aliphatic carbocycles. The number of benzene rings is 3. The molecule has 1 unspecified atom stereocenters. The van der Waals surface area contributed by atoms with Crippen LogP contribution in [-0.2, 0) is 10.8 Å². The Kier molecular flexibility index (Phi) is 7.66. The molecular weight excluding hydrogens is 550 g/mol. The van der Waals surface area contributed by atoms with Crippen molar-refractivity contribution in [3.8, 4) is 11.5 Å². The van der Waals surface area contributed by atoms with E-state index in [2.05, 4.69) is 6.58 Å². The molecule has 0 saturated heterocycles. The van der Waals surface area contributed by atoms with E-state index < -0.39 is 22.7 Å². The van der Waals surface area contributed by atoms with E-state index >= 15 is 0 Å². The highest BCUT2D eigenvalue weighted by Gasteiger charge is 2.41. The van der Waals surface area contributed by atoms with Crippen LogP contribution in [0, 0.1) is 0 Å². The fourth-order valence-electron chi connectivity index (χ4n) is 5.67. The number of aromatic hydroxyl groups is 1. The first-order valence-corrected chi connectivity index (χ1v) is 14.7. The number of ketones is 2. The SMILES string of the molecule is C=Cc1cc2c(cc1/C=C\C)C(=O)C(c1ccc3cccc(OC(=O)c4cc(C(C)(C)C)c(O)c(C(C)(C)C)c4)c3n1)C2=O. The standard InChI is InChI=1S/C38H37NO5/c1-9-12-23-18-26-25(17-21(23)10-2)33(40)31(34(26)41)29-16-15-22-13-11-14-30(32(22)39-29)44-36(43)24-19-27(37(3,4)5)35(42)28(20-24)38(6,7)8/h9-20,31,42H,2H2,1,3-8H3/b12-9-. The van der Waals surface area contributed by atoms with E-state index in [0.717, 1.165) is 11.1 Å². The van der Waals surface area contributed by atoms with Gasteiger partial charge in [-0.3, -0.25) is 9.59 Å². The van der Waals surface area contributed by atoms with Gasteiger partial charge in [-0.1, -0.05) is 84.5 Å². The summed E-state index contributed by atoms with van der Waals surface area (Å²) in [5, 5.41) is 11.8. The van der Waals surface area contributed by atoms with Gasteiger partial charge < -0.3 is 9.84 Å². The zero-order chi connectivity index (χ0) is 32.1. The Labute approximate surface area is 258 Å². The lowest BCUT2D eigenvalue weighted by Crippen LogP contribution is -2.20. The van der Waals surface area contributed by atoms with Crippen molar-refractivity contribution in [1.29, 1.82) is 0 Å². The minimum atomic E-state index is -1.10. The van der Waals surface area contributed by atoms with Crippen molar-refractivity contribution in [3.05, 3.63) is 112 Å². The van der Waals surface area contributed by atoms with Crippen LogP contribution < -0.4 is 4.74 Å². The number of carbonyl (C=O) groups is 3. The largest absolute Gasteiger partial charge is 0.507 e. The van der Waals surface area contributed by atoms with Crippen LogP contribution in [0.1, 0.15) is 113 Å². The maximum atomic E-state index is 13.6. The highest BCUT2D eigenvalue weighted by Crippen LogP contribution is 2.41. The number of hydrogen-bond donors (Lipinski definition) is 1. The minimum absolute atomic E-state index is 0.169. The molecule has 6 heteroatoms. The summed E-state index contributed by atoms with van der Waals surface area (Å²) in [6.45, 7) is 17.6. The highest BCUT2D eigenvalue weighted by atomic mass is 16.5. The Morgan fingerprint density at radius 2 is 1.48 bits per heavy atom. The van der Waals surface area contributed by atoms with Gasteiger partial charge in [-0.2, -0.15) is 0 Å². The molecule has 0 fully saturated rings. The maximum absolute atomic E-state index is 13.6. The first-order chi connectivity index (χ1) is 20.6. The third-order valence-electron chi connectivity index (χ3n) is 8.01. The number of carbonyl (C=O) groups excluding carboxylic acids is 3. The van der Waals surface area contributed by atoms with Gasteiger partial charge in [0.2, 0.25) is 0 Å². The van der Waals surface area contributed by atoms with Crippen LogP contribution in [0.2, 0.25) is 0 Å². The normalized spacial score (nSPS) is 15.2. The molecule has 0 bridgehead atoms. The van der Waals surface area contributed by atoms with Gasteiger partial charge in [0.25, 0.3) is 0 Å². The maximum Gasteiger partial charge on any atom is 0.343 e. The number of phenols is 1. The first kappa shape index (κ1) is 30.6. The lowest BCUT2D eigenvalue weighted by atomic mass is 9.78. The van der Waals surface area contributed by atoms with Gasteiger partial charge >= 0.3 is 5.97 Å². The molecule has 4 aromatic rings. The number of para-hydroxylation sites is 1. The van der Waals surface area contributed by atoms with Gasteiger partial charge in [0, 0.05) is 27.6 Å². The van der Waals surface area contributed by atoms with Crippen molar-refractivity contribution in [1.82, 2.24) is 4.98 Å². The van der Waals surface area contributed by atoms with Crippen molar-refractivity contribution < 1.29 is 24.2 Å². The van der Waals surface area contributed by atoms with E-state index in [9.17, 15) is 19.5 Å². The lowest BCUT2D eigenvalue weighted by molar-refractivity contribution is 0.0735. The molecule has 0 saturated carbocycles. The molecule has 0 radical (unpaired) electrons. The number of allylic oxidation sites excluding steroid dienone is 1. The number of phenolic OH excluding ortho intramolecular Hbond substituents is 1. The predicted octanol–water partition coefficient (Wildman–Crippen LogP) is 8.59. The monoisotopic (exact) mass is 587 g/mol. The summed E-state index contributed by atoms with van der Waals surface area (Å²) in [5.41, 5.74) is 3.68. The smallest absolute Gasteiger partial charge is 0.343 e. The molecular formula is C38H37NO5. The van der Waals surface area contributed by atoms with E-state index in [0.29, 0.717) is 38.7 Å². The minimum Gasteiger partial charge on any atom is -0.507 e. The number of fused-ring (bicyclic) bond motifs is 2. The molecule has 0 aliphatic heterocycles. The summed E-state index contributed by atoms with van der Waals surface area (Å²) in [4.78, 5) is 45.5. The van der Waals surface area contributed by atoms with Crippen molar-refractivity contribution >= 4 is 40.6 Å². The van der Waals surface area contributed by atoms with Gasteiger partial charge in [-0.15, -0.1) is 0 Å². The number of ether oxygens (including phenoxy) is 1. The Morgan fingerprint density at radius 1 is 0.886 bits per heavy atom. The molecule has 3 aromatic carbocycles. The third-order valence-corrected chi connectivity index (χ3v) is 8.01. The molecule has 0 amide bonds. The van der Waals surface area contributed by atoms with Crippen LogP contribution in [0.3, 0.4) is 0 Å². The Balaban J connectivity index is 1.55. The van der Waals surface area contributed by atoms with Gasteiger partial charge in [-0.25, -0.2) is 9.78 Å². The number of esters is 1. The zero-order valence-electron chi connectivity index (χ0n) is 26.2. The average Bonchev–Trinajstić information content (AvgIpc) is 3.19. The van der Waals surface area contributed by atoms with Gasteiger partial charge in [0.05, 0.1) is 11.3 Å². The fourth-order valence-corrected chi connectivity index (χ4v) is 5.67. The molecule has 224 valence electrons. The molecule has 1 heterocycles. The van der Waals surface area contributed by atoms with Gasteiger partial charge in [0.15, 0.2) is 17.3 Å². The summed E-state index contributed by atoms with van der Waals surface area (Å²) in [7, 11) is 0. The summed E-state index contributed by atoms with van der Waals surface area (Å²) in [5.74, 6) is -1.97. The number of Topliss-reactive ketones (excluding diaryl/α,β-unsaturated/α-hetero) is 2. The molecule has 1 N–H and O–H groups in total. The van der Waals surface area contributed by atoms with Crippen molar-refractivity contribution in [3.63, 3.8) is 0 Å². The number of hydrogen-bond acceptors (Lipinski definition) is 6. The number of nitrogens with zero attached hydrogens (tertiary/aromatic N) is 1. The van der Waals surface area contributed by atoms with Crippen molar-refractivity contribution in [2.75, 3.05) is 0 Å². The van der Waals surface area contributed by atoms with E-state index in [1.165, 1.54) is 0 Å².